The third-order valence-electron chi connectivity index (χ3n) is 1.51. The van der Waals surface area contributed by atoms with Gasteiger partial charge in [0.25, 0.3) is 0 Å². The fourth-order valence-electron chi connectivity index (χ4n) is 0.936. The molecule has 0 aliphatic rings. The van der Waals surface area contributed by atoms with E-state index in [1.165, 1.54) is 6.61 Å². The molecule has 0 fully saturated rings. The summed E-state index contributed by atoms with van der Waals surface area (Å²) in [5, 5.41) is 11.2. The molecule has 14 heavy (non-hydrogen) atoms. The molecular formula is C10H9N2O2. The fourth-order valence-corrected chi connectivity index (χ4v) is 0.936. The van der Waals surface area contributed by atoms with Crippen LogP contribution in [0.1, 0.15) is 12.5 Å². The summed E-state index contributed by atoms with van der Waals surface area (Å²) in [6, 6.07) is 8.66. The smallest absolute Gasteiger partial charge is 0.412 e. The predicted molar refractivity (Wildman–Crippen MR) is 51.2 cm³/mol. The summed E-state index contributed by atoms with van der Waals surface area (Å²) < 4.78 is 4.56. The maximum absolute atomic E-state index is 11.0. The van der Waals surface area contributed by atoms with Gasteiger partial charge in [0.1, 0.15) is 12.7 Å². The number of para-hydroxylation sites is 1. The summed E-state index contributed by atoms with van der Waals surface area (Å²) in [6.45, 7) is 2.86. The van der Waals surface area contributed by atoms with Gasteiger partial charge in [-0.2, -0.15) is 5.26 Å². The Morgan fingerprint density at radius 2 is 2.29 bits per heavy atom. The predicted octanol–water partition coefficient (Wildman–Crippen LogP) is 2.29. The fraction of sp³-hybridized carbons (Fsp3) is 0.100. The van der Waals surface area contributed by atoms with Crippen LogP contribution in [-0.4, -0.2) is 6.09 Å². The molecule has 4 heteroatoms. The van der Waals surface area contributed by atoms with Crippen LogP contribution in [0, 0.1) is 17.9 Å². The van der Waals surface area contributed by atoms with Crippen molar-refractivity contribution < 1.29 is 9.53 Å². The van der Waals surface area contributed by atoms with Gasteiger partial charge in [0.15, 0.2) is 0 Å². The van der Waals surface area contributed by atoms with Crippen molar-refractivity contribution in [3.8, 4) is 6.07 Å². The van der Waals surface area contributed by atoms with Crippen LogP contribution in [0.2, 0.25) is 0 Å². The van der Waals surface area contributed by atoms with Crippen LogP contribution in [0.3, 0.4) is 0 Å². The standard InChI is InChI=1S/C10H9N2O2/c1-2-14-10(13)12-9-6-4-3-5-8(9)7-11/h2-6H,1H3,(H,12,13). The second-order valence-electron chi connectivity index (χ2n) is 2.42. The van der Waals surface area contributed by atoms with E-state index in [0.717, 1.165) is 0 Å². The Morgan fingerprint density at radius 1 is 1.57 bits per heavy atom. The maximum Gasteiger partial charge on any atom is 0.412 e. The third-order valence-corrected chi connectivity index (χ3v) is 1.51. The van der Waals surface area contributed by atoms with Gasteiger partial charge < -0.3 is 4.74 Å². The van der Waals surface area contributed by atoms with Gasteiger partial charge in [0.05, 0.1) is 11.3 Å². The number of rotatable bonds is 2. The minimum absolute atomic E-state index is 0.403. The van der Waals surface area contributed by atoms with Crippen molar-refractivity contribution in [2.75, 3.05) is 5.32 Å². The number of ether oxygens (including phenoxy) is 1. The Hall–Kier alpha value is -2.02. The Kier molecular flexibility index (Phi) is 3.50. The first kappa shape index (κ1) is 10.1. The summed E-state index contributed by atoms with van der Waals surface area (Å²) in [7, 11) is 0. The van der Waals surface area contributed by atoms with E-state index in [2.05, 4.69) is 10.1 Å². The molecule has 1 radical (unpaired) electrons. The highest BCUT2D eigenvalue weighted by Crippen LogP contribution is 2.13. The zero-order valence-corrected chi connectivity index (χ0v) is 7.65. The van der Waals surface area contributed by atoms with Crippen LogP contribution < -0.4 is 5.32 Å². The van der Waals surface area contributed by atoms with E-state index in [1.54, 1.807) is 31.2 Å². The highest BCUT2D eigenvalue weighted by atomic mass is 16.5. The van der Waals surface area contributed by atoms with E-state index < -0.39 is 6.09 Å². The second-order valence-corrected chi connectivity index (χ2v) is 2.42. The quantitative estimate of drug-likeness (QED) is 0.776. The number of anilines is 1. The molecule has 1 amide bonds. The minimum Gasteiger partial charge on any atom is -0.442 e. The normalized spacial score (nSPS) is 8.86. The number of carbonyl (C=O) groups excluding carboxylic acids is 1. The molecule has 1 N–H and O–H groups in total. The molecule has 0 unspecified atom stereocenters. The second kappa shape index (κ2) is 4.87. The van der Waals surface area contributed by atoms with E-state index in [-0.39, 0.29) is 0 Å². The van der Waals surface area contributed by atoms with E-state index in [0.29, 0.717) is 11.3 Å². The van der Waals surface area contributed by atoms with Gasteiger partial charge >= 0.3 is 6.09 Å². The first-order chi connectivity index (χ1) is 6.77. The van der Waals surface area contributed by atoms with Crippen LogP contribution in [0.4, 0.5) is 10.5 Å². The highest BCUT2D eigenvalue weighted by molar-refractivity contribution is 5.86. The third kappa shape index (κ3) is 2.49. The zero-order valence-electron chi connectivity index (χ0n) is 7.65. The van der Waals surface area contributed by atoms with Crippen molar-refractivity contribution in [1.82, 2.24) is 0 Å². The van der Waals surface area contributed by atoms with Gasteiger partial charge in [0, 0.05) is 0 Å². The average Bonchev–Trinajstić information content (AvgIpc) is 2.19. The number of nitrogens with zero attached hydrogens (tertiary/aromatic N) is 1. The van der Waals surface area contributed by atoms with Crippen LogP contribution >= 0.6 is 0 Å². The van der Waals surface area contributed by atoms with E-state index in [9.17, 15) is 4.79 Å². The molecule has 0 bridgehead atoms. The molecule has 1 aromatic carbocycles. The average molecular weight is 189 g/mol. The molecule has 71 valence electrons. The Balaban J connectivity index is 2.77. The lowest BCUT2D eigenvalue weighted by atomic mass is 10.2. The monoisotopic (exact) mass is 189 g/mol. The van der Waals surface area contributed by atoms with Gasteiger partial charge in [-0.1, -0.05) is 12.1 Å². The van der Waals surface area contributed by atoms with Crippen molar-refractivity contribution in [2.24, 2.45) is 0 Å². The molecule has 0 saturated carbocycles. The summed E-state index contributed by atoms with van der Waals surface area (Å²) >= 11 is 0. The molecule has 0 aliphatic carbocycles. The first-order valence-electron chi connectivity index (χ1n) is 4.02. The van der Waals surface area contributed by atoms with Crippen LogP contribution in [0.15, 0.2) is 24.3 Å². The van der Waals surface area contributed by atoms with Crippen molar-refractivity contribution in [3.05, 3.63) is 36.4 Å². The van der Waals surface area contributed by atoms with Crippen LogP contribution in [-0.2, 0) is 4.74 Å². The van der Waals surface area contributed by atoms with Crippen LogP contribution in [0.5, 0.6) is 0 Å². The lowest BCUT2D eigenvalue weighted by Crippen LogP contribution is -2.12. The lowest BCUT2D eigenvalue weighted by molar-refractivity contribution is 0.189. The number of hydrogen-bond acceptors (Lipinski definition) is 3. The molecule has 4 nitrogen and oxygen atoms in total. The molecule has 0 heterocycles. The number of amides is 1. The molecule has 0 aliphatic heterocycles. The largest absolute Gasteiger partial charge is 0.442 e. The summed E-state index contributed by atoms with van der Waals surface area (Å²) in [5.41, 5.74) is 0.849. The number of carbonyl (C=O) groups is 1. The van der Waals surface area contributed by atoms with E-state index in [1.807, 2.05) is 6.07 Å². The van der Waals surface area contributed by atoms with Crippen molar-refractivity contribution in [3.63, 3.8) is 0 Å². The SMILES string of the molecule is C[CH]OC(=O)Nc1ccccc1C#N. The summed E-state index contributed by atoms with van der Waals surface area (Å²) in [5.74, 6) is 0. The molecule has 0 spiro atoms. The topological polar surface area (TPSA) is 62.1 Å². The lowest BCUT2D eigenvalue weighted by Gasteiger charge is -2.05. The molecule has 1 rings (SSSR count). The number of benzene rings is 1. The Bertz CT molecular complexity index is 369. The van der Waals surface area contributed by atoms with Gasteiger partial charge in [-0.3, -0.25) is 5.32 Å². The summed E-state index contributed by atoms with van der Waals surface area (Å²) in [4.78, 5) is 11.0. The van der Waals surface area contributed by atoms with E-state index in [4.69, 9.17) is 5.26 Å². The van der Waals surface area contributed by atoms with Gasteiger partial charge in [0.2, 0.25) is 0 Å². The van der Waals surface area contributed by atoms with Crippen molar-refractivity contribution >= 4 is 11.8 Å². The minimum atomic E-state index is -0.602. The molecule has 1 aromatic rings. The van der Waals surface area contributed by atoms with Gasteiger partial charge in [-0.15, -0.1) is 0 Å². The van der Waals surface area contributed by atoms with Crippen molar-refractivity contribution in [2.45, 2.75) is 6.92 Å². The van der Waals surface area contributed by atoms with Crippen molar-refractivity contribution in [1.29, 1.82) is 5.26 Å². The molecular weight excluding hydrogens is 180 g/mol. The van der Waals surface area contributed by atoms with Crippen LogP contribution in [0.25, 0.3) is 0 Å². The number of nitrogens with one attached hydrogen (secondary N) is 1. The Labute approximate surface area is 82.1 Å². The molecule has 0 aromatic heterocycles. The van der Waals surface area contributed by atoms with Gasteiger partial charge in [-0.25, -0.2) is 4.79 Å². The maximum atomic E-state index is 11.0. The summed E-state index contributed by atoms with van der Waals surface area (Å²) in [6.07, 6.45) is -0.602. The number of nitriles is 1. The molecule has 0 atom stereocenters. The molecule has 0 saturated heterocycles. The number of hydrogen-bond donors (Lipinski definition) is 1. The zero-order chi connectivity index (χ0) is 10.4. The highest BCUT2D eigenvalue weighted by Gasteiger charge is 2.05. The Morgan fingerprint density at radius 3 is 2.93 bits per heavy atom. The van der Waals surface area contributed by atoms with E-state index >= 15 is 0 Å². The van der Waals surface area contributed by atoms with Gasteiger partial charge in [-0.05, 0) is 19.1 Å². The first-order valence-corrected chi connectivity index (χ1v) is 4.02.